The highest BCUT2D eigenvalue weighted by molar-refractivity contribution is 6.05. The molecule has 1 aromatic carbocycles. The Labute approximate surface area is 221 Å². The molecule has 0 bridgehead atoms. The molecule has 2 saturated heterocycles. The van der Waals surface area contributed by atoms with Gasteiger partial charge in [0.1, 0.15) is 24.2 Å². The van der Waals surface area contributed by atoms with E-state index in [1.54, 1.807) is 12.1 Å². The summed E-state index contributed by atoms with van der Waals surface area (Å²) in [5.74, 6) is 0.220. The quantitative estimate of drug-likeness (QED) is 0.579. The summed E-state index contributed by atoms with van der Waals surface area (Å²) >= 11 is 0. The fraction of sp³-hybridized carbons (Fsp3) is 0.536. The monoisotopic (exact) mass is 522 g/mol. The van der Waals surface area contributed by atoms with Crippen LogP contribution in [-0.4, -0.2) is 63.8 Å². The zero-order valence-electron chi connectivity index (χ0n) is 22.1. The maximum Gasteiger partial charge on any atom is 0.255 e. The Morgan fingerprint density at radius 1 is 1.16 bits per heavy atom. The highest BCUT2D eigenvalue weighted by atomic mass is 16.5. The number of aromatic nitrogens is 1. The second kappa shape index (κ2) is 10.2. The van der Waals surface area contributed by atoms with Crippen molar-refractivity contribution >= 4 is 23.6 Å². The van der Waals surface area contributed by atoms with Crippen molar-refractivity contribution in [3.8, 4) is 5.75 Å². The standard InChI is InChI=1S/C28H34N4O6/c1-28(2,3)23-13-20(38-30-23)14-25(34)31-11-5-4-6-18(31)16-37-19-7-8-21-17(12-19)15-32(27(21)36)22-9-10-24(33)29-26(22)35/h7-8,12-13,18,22H,4-6,9-11,14-16H2,1-3H3,(H,29,33,35)/t18-,22?/m0/s1. The number of fused-ring (bicyclic) bond motifs is 1. The van der Waals surface area contributed by atoms with E-state index in [2.05, 4.69) is 31.2 Å². The minimum absolute atomic E-state index is 0.00524. The summed E-state index contributed by atoms with van der Waals surface area (Å²) in [6, 6.07) is 6.45. The molecule has 2 atom stereocenters. The number of hydrogen-bond acceptors (Lipinski definition) is 7. The van der Waals surface area contributed by atoms with Crippen molar-refractivity contribution in [3.05, 3.63) is 46.8 Å². The van der Waals surface area contributed by atoms with Gasteiger partial charge in [0.15, 0.2) is 0 Å². The van der Waals surface area contributed by atoms with Crippen molar-refractivity contribution in [2.24, 2.45) is 0 Å². The molecule has 2 fully saturated rings. The summed E-state index contributed by atoms with van der Waals surface area (Å²) < 4.78 is 11.5. The van der Waals surface area contributed by atoms with E-state index >= 15 is 0 Å². The van der Waals surface area contributed by atoms with Crippen LogP contribution in [0.2, 0.25) is 0 Å². The minimum atomic E-state index is -0.650. The molecule has 0 spiro atoms. The summed E-state index contributed by atoms with van der Waals surface area (Å²) in [5.41, 5.74) is 2.00. The molecule has 5 rings (SSSR count). The lowest BCUT2D eigenvalue weighted by molar-refractivity contribution is -0.137. The number of hydrogen-bond donors (Lipinski definition) is 1. The second-order valence-electron chi connectivity index (χ2n) is 11.4. The molecule has 0 aliphatic carbocycles. The lowest BCUT2D eigenvalue weighted by atomic mass is 9.92. The molecule has 38 heavy (non-hydrogen) atoms. The van der Waals surface area contributed by atoms with Gasteiger partial charge in [-0.1, -0.05) is 25.9 Å². The third kappa shape index (κ3) is 5.30. The molecule has 1 aromatic heterocycles. The average Bonchev–Trinajstić information content (AvgIpc) is 3.47. The number of imide groups is 1. The molecule has 1 unspecified atom stereocenters. The third-order valence-electron chi connectivity index (χ3n) is 7.54. The number of ether oxygens (including phenoxy) is 1. The number of amides is 4. The van der Waals surface area contributed by atoms with Gasteiger partial charge in [0.2, 0.25) is 17.7 Å². The molecule has 2 aromatic rings. The van der Waals surface area contributed by atoms with E-state index < -0.39 is 11.9 Å². The lowest BCUT2D eigenvalue weighted by Crippen LogP contribution is -2.52. The van der Waals surface area contributed by atoms with Gasteiger partial charge < -0.3 is 19.1 Å². The minimum Gasteiger partial charge on any atom is -0.491 e. The largest absolute Gasteiger partial charge is 0.491 e. The summed E-state index contributed by atoms with van der Waals surface area (Å²) in [4.78, 5) is 53.3. The zero-order chi connectivity index (χ0) is 27.0. The van der Waals surface area contributed by atoms with Crippen molar-refractivity contribution in [3.63, 3.8) is 0 Å². The Kier molecular flexibility index (Phi) is 6.98. The molecule has 0 radical (unpaired) electrons. The van der Waals surface area contributed by atoms with Gasteiger partial charge in [0, 0.05) is 36.6 Å². The first kappa shape index (κ1) is 25.9. The average molecular weight is 523 g/mol. The van der Waals surface area contributed by atoms with Crippen LogP contribution in [0.4, 0.5) is 0 Å². The SMILES string of the molecule is CC(C)(C)c1cc(CC(=O)N2CCCC[C@H]2COc2ccc3c(c2)CN(C2CCC(=O)NC2=O)C3=O)on1. The van der Waals surface area contributed by atoms with E-state index in [-0.39, 0.29) is 42.0 Å². The molecule has 202 valence electrons. The number of nitrogens with one attached hydrogen (secondary N) is 1. The lowest BCUT2D eigenvalue weighted by Gasteiger charge is -2.35. The van der Waals surface area contributed by atoms with Crippen molar-refractivity contribution in [1.29, 1.82) is 0 Å². The first-order valence-corrected chi connectivity index (χ1v) is 13.3. The summed E-state index contributed by atoms with van der Waals surface area (Å²) in [5, 5.41) is 6.44. The molecule has 10 nitrogen and oxygen atoms in total. The highest BCUT2D eigenvalue weighted by Crippen LogP contribution is 2.31. The number of piperidine rings is 2. The molecule has 1 N–H and O–H groups in total. The van der Waals surface area contributed by atoms with E-state index in [0.717, 1.165) is 30.5 Å². The predicted molar refractivity (Wildman–Crippen MR) is 136 cm³/mol. The first-order chi connectivity index (χ1) is 18.1. The topological polar surface area (TPSA) is 122 Å². The number of likely N-dealkylation sites (tertiary alicyclic amines) is 1. The predicted octanol–water partition coefficient (Wildman–Crippen LogP) is 2.74. The molecule has 3 aliphatic heterocycles. The Morgan fingerprint density at radius 3 is 2.71 bits per heavy atom. The molecule has 10 heteroatoms. The van der Waals surface area contributed by atoms with Gasteiger partial charge in [-0.3, -0.25) is 24.5 Å². The van der Waals surface area contributed by atoms with Crippen LogP contribution < -0.4 is 10.1 Å². The molecule has 3 aliphatic rings. The second-order valence-corrected chi connectivity index (χ2v) is 11.4. The molecular formula is C28H34N4O6. The number of rotatable bonds is 6. The van der Waals surface area contributed by atoms with Crippen molar-refractivity contribution in [1.82, 2.24) is 20.3 Å². The maximum atomic E-state index is 13.2. The summed E-state index contributed by atoms with van der Waals surface area (Å²) in [6.07, 6.45) is 3.52. The van der Waals surface area contributed by atoms with Gasteiger partial charge in [-0.25, -0.2) is 0 Å². The molecule has 4 heterocycles. The first-order valence-electron chi connectivity index (χ1n) is 13.3. The van der Waals surface area contributed by atoms with E-state index in [4.69, 9.17) is 9.26 Å². The number of benzene rings is 1. The van der Waals surface area contributed by atoms with Gasteiger partial charge in [-0.15, -0.1) is 0 Å². The van der Waals surface area contributed by atoms with Crippen LogP contribution in [-0.2, 0) is 32.8 Å². The van der Waals surface area contributed by atoms with Gasteiger partial charge in [0.25, 0.3) is 5.91 Å². The number of nitrogens with zero attached hydrogens (tertiary/aromatic N) is 3. The van der Waals surface area contributed by atoms with Crippen LogP contribution in [0.3, 0.4) is 0 Å². The van der Waals surface area contributed by atoms with Crippen LogP contribution in [0.25, 0.3) is 0 Å². The van der Waals surface area contributed by atoms with E-state index in [0.29, 0.717) is 43.2 Å². The fourth-order valence-corrected chi connectivity index (χ4v) is 5.34. The van der Waals surface area contributed by atoms with Crippen molar-refractivity contribution < 1.29 is 28.4 Å². The smallest absolute Gasteiger partial charge is 0.255 e. The Bertz CT molecular complexity index is 1260. The number of carbonyl (C=O) groups excluding carboxylic acids is 4. The molecule has 4 amide bonds. The van der Waals surface area contributed by atoms with Crippen molar-refractivity contribution in [2.45, 2.75) is 83.3 Å². The van der Waals surface area contributed by atoms with Gasteiger partial charge in [-0.2, -0.15) is 0 Å². The van der Waals surface area contributed by atoms with Crippen LogP contribution in [0.15, 0.2) is 28.8 Å². The van der Waals surface area contributed by atoms with E-state index in [1.165, 1.54) is 4.90 Å². The van der Waals surface area contributed by atoms with E-state index in [9.17, 15) is 19.2 Å². The van der Waals surface area contributed by atoms with Crippen molar-refractivity contribution in [2.75, 3.05) is 13.2 Å². The van der Waals surface area contributed by atoms with Crippen LogP contribution >= 0.6 is 0 Å². The Morgan fingerprint density at radius 2 is 1.97 bits per heavy atom. The Hall–Kier alpha value is -3.69. The summed E-state index contributed by atoms with van der Waals surface area (Å²) in [7, 11) is 0. The normalized spacial score (nSPS) is 21.9. The molecule has 0 saturated carbocycles. The summed E-state index contributed by atoms with van der Waals surface area (Å²) in [6.45, 7) is 7.46. The Balaban J connectivity index is 1.21. The van der Waals surface area contributed by atoms with Crippen LogP contribution in [0.5, 0.6) is 5.75 Å². The van der Waals surface area contributed by atoms with Gasteiger partial charge in [-0.05, 0) is 49.4 Å². The van der Waals surface area contributed by atoms with E-state index in [1.807, 2.05) is 17.0 Å². The highest BCUT2D eigenvalue weighted by Gasteiger charge is 2.39. The third-order valence-corrected chi connectivity index (χ3v) is 7.54. The maximum absolute atomic E-state index is 13.2. The van der Waals surface area contributed by atoms with Gasteiger partial charge >= 0.3 is 0 Å². The number of carbonyl (C=O) groups is 4. The molecular weight excluding hydrogens is 488 g/mol. The fourth-order valence-electron chi connectivity index (χ4n) is 5.34. The van der Waals surface area contributed by atoms with Crippen LogP contribution in [0.1, 0.15) is 80.3 Å². The van der Waals surface area contributed by atoms with Crippen LogP contribution in [0, 0.1) is 0 Å². The zero-order valence-corrected chi connectivity index (χ0v) is 22.1. The van der Waals surface area contributed by atoms with Gasteiger partial charge in [0.05, 0.1) is 18.2 Å².